The van der Waals surface area contributed by atoms with Crippen LogP contribution in [0.4, 0.5) is 23.4 Å². The maximum atomic E-state index is 13.4. The molecule has 116 valence electrons. The van der Waals surface area contributed by atoms with E-state index >= 15 is 0 Å². The molecule has 0 radical (unpaired) electrons. The van der Waals surface area contributed by atoms with Crippen LogP contribution < -0.4 is 10.1 Å². The molecule has 1 aliphatic heterocycles. The lowest BCUT2D eigenvalue weighted by Gasteiger charge is -2.27. The summed E-state index contributed by atoms with van der Waals surface area (Å²) in [7, 11) is 0. The normalized spacial score (nSPS) is 17.5. The van der Waals surface area contributed by atoms with Crippen LogP contribution in [0.25, 0.3) is 0 Å². The maximum Gasteiger partial charge on any atom is 0.433 e. The smallest absolute Gasteiger partial charge is 0.433 e. The van der Waals surface area contributed by atoms with Crippen molar-refractivity contribution in [3.63, 3.8) is 0 Å². The first-order valence-corrected chi connectivity index (χ1v) is 6.66. The van der Waals surface area contributed by atoms with E-state index in [9.17, 15) is 17.6 Å². The number of fused-ring (bicyclic) bond motifs is 1. The summed E-state index contributed by atoms with van der Waals surface area (Å²) in [6.45, 7) is 0.398. The number of aromatic nitrogens is 1. The molecule has 1 aliphatic rings. The van der Waals surface area contributed by atoms with Crippen molar-refractivity contribution in [2.75, 3.05) is 11.9 Å². The van der Waals surface area contributed by atoms with Gasteiger partial charge in [-0.3, -0.25) is 0 Å². The third-order valence-corrected chi connectivity index (χ3v) is 3.37. The summed E-state index contributed by atoms with van der Waals surface area (Å²) in [6.07, 6.45) is -3.99. The Labute approximate surface area is 123 Å². The van der Waals surface area contributed by atoms with Crippen molar-refractivity contribution >= 4 is 5.82 Å². The van der Waals surface area contributed by atoms with Crippen LogP contribution in [0.5, 0.6) is 5.75 Å². The number of rotatable bonds is 2. The van der Waals surface area contributed by atoms with Crippen LogP contribution in [0.1, 0.15) is 23.7 Å². The molecule has 2 aromatic rings. The highest BCUT2D eigenvalue weighted by atomic mass is 19.4. The third-order valence-electron chi connectivity index (χ3n) is 3.37. The second-order valence-electron chi connectivity index (χ2n) is 4.92. The highest BCUT2D eigenvalue weighted by molar-refractivity contribution is 5.45. The molecule has 3 nitrogen and oxygen atoms in total. The Bertz CT molecular complexity index is 687. The number of benzene rings is 1. The Kier molecular flexibility index (Phi) is 3.64. The average Bonchev–Trinajstić information content (AvgIpc) is 2.47. The van der Waals surface area contributed by atoms with Crippen LogP contribution in [0, 0.1) is 5.82 Å². The molecular formula is C15H12F4N2O. The number of alkyl halides is 3. The molecule has 1 aromatic heterocycles. The lowest BCUT2D eigenvalue weighted by atomic mass is 10.0. The molecule has 1 aromatic carbocycles. The molecule has 2 heterocycles. The monoisotopic (exact) mass is 312 g/mol. The molecule has 0 amide bonds. The summed E-state index contributed by atoms with van der Waals surface area (Å²) >= 11 is 0. The number of anilines is 1. The van der Waals surface area contributed by atoms with Crippen LogP contribution in [0.15, 0.2) is 36.4 Å². The zero-order chi connectivity index (χ0) is 15.7. The van der Waals surface area contributed by atoms with E-state index in [0.29, 0.717) is 24.3 Å². The molecule has 0 spiro atoms. The van der Waals surface area contributed by atoms with Crippen molar-refractivity contribution in [3.8, 4) is 5.75 Å². The topological polar surface area (TPSA) is 34.2 Å². The number of nitrogens with zero attached hydrogens (tertiary/aromatic N) is 1. The second kappa shape index (κ2) is 5.47. The zero-order valence-electron chi connectivity index (χ0n) is 11.3. The predicted molar refractivity (Wildman–Crippen MR) is 72.1 cm³/mol. The Balaban J connectivity index is 1.88. The number of ether oxygens (including phenoxy) is 1. The summed E-state index contributed by atoms with van der Waals surface area (Å²) in [5.41, 5.74) is -0.394. The van der Waals surface area contributed by atoms with Gasteiger partial charge in [-0.1, -0.05) is 6.07 Å². The Hall–Kier alpha value is -2.31. The Morgan fingerprint density at radius 2 is 2.00 bits per heavy atom. The summed E-state index contributed by atoms with van der Waals surface area (Å²) in [5.74, 6) is 0.196. The highest BCUT2D eigenvalue weighted by Gasteiger charge is 2.32. The van der Waals surface area contributed by atoms with Gasteiger partial charge in [-0.25, -0.2) is 9.37 Å². The van der Waals surface area contributed by atoms with Crippen LogP contribution >= 0.6 is 0 Å². The third kappa shape index (κ3) is 2.98. The maximum absolute atomic E-state index is 13.4. The molecule has 22 heavy (non-hydrogen) atoms. The van der Waals surface area contributed by atoms with Crippen LogP contribution in [-0.4, -0.2) is 11.6 Å². The summed E-state index contributed by atoms with van der Waals surface area (Å²) in [4.78, 5) is 3.56. The SMILES string of the molecule is Fc1ccc2c(c1)C(Nc1cccc(C(F)(F)F)n1)CCO2. The number of hydrogen-bond donors (Lipinski definition) is 1. The van der Waals surface area contributed by atoms with E-state index in [-0.39, 0.29) is 11.9 Å². The van der Waals surface area contributed by atoms with Crippen LogP contribution in [0.3, 0.4) is 0 Å². The highest BCUT2D eigenvalue weighted by Crippen LogP contribution is 2.35. The van der Waals surface area contributed by atoms with Gasteiger partial charge in [0, 0.05) is 12.0 Å². The first-order chi connectivity index (χ1) is 10.4. The van der Waals surface area contributed by atoms with Crippen molar-refractivity contribution < 1.29 is 22.3 Å². The summed E-state index contributed by atoms with van der Waals surface area (Å²) in [5, 5.41) is 2.92. The van der Waals surface area contributed by atoms with Crippen molar-refractivity contribution in [3.05, 3.63) is 53.5 Å². The van der Waals surface area contributed by atoms with E-state index in [0.717, 1.165) is 6.07 Å². The minimum Gasteiger partial charge on any atom is -0.493 e. The van der Waals surface area contributed by atoms with Crippen molar-refractivity contribution in [2.24, 2.45) is 0 Å². The number of hydrogen-bond acceptors (Lipinski definition) is 3. The van der Waals surface area contributed by atoms with Crippen LogP contribution in [0.2, 0.25) is 0 Å². The molecular weight excluding hydrogens is 300 g/mol. The quantitative estimate of drug-likeness (QED) is 0.845. The average molecular weight is 312 g/mol. The second-order valence-corrected chi connectivity index (χ2v) is 4.92. The van der Waals surface area contributed by atoms with E-state index < -0.39 is 17.7 Å². The first kappa shape index (κ1) is 14.6. The number of pyridine rings is 1. The van der Waals surface area contributed by atoms with Crippen molar-refractivity contribution in [1.82, 2.24) is 4.98 Å². The minimum absolute atomic E-state index is 0.0944. The van der Waals surface area contributed by atoms with Gasteiger partial charge in [0.1, 0.15) is 23.1 Å². The number of halogens is 4. The van der Waals surface area contributed by atoms with Gasteiger partial charge in [-0.05, 0) is 30.3 Å². The van der Waals surface area contributed by atoms with E-state index in [1.807, 2.05) is 0 Å². The fourth-order valence-electron chi connectivity index (χ4n) is 2.37. The van der Waals surface area contributed by atoms with Gasteiger partial charge in [-0.15, -0.1) is 0 Å². The van der Waals surface area contributed by atoms with Gasteiger partial charge < -0.3 is 10.1 Å². The van der Waals surface area contributed by atoms with Gasteiger partial charge in [-0.2, -0.15) is 13.2 Å². The molecule has 0 saturated carbocycles. The van der Waals surface area contributed by atoms with Crippen molar-refractivity contribution in [1.29, 1.82) is 0 Å². The molecule has 3 rings (SSSR count). The van der Waals surface area contributed by atoms with Gasteiger partial charge in [0.25, 0.3) is 0 Å². The molecule has 1 atom stereocenters. The van der Waals surface area contributed by atoms with E-state index in [1.54, 1.807) is 0 Å². The fraction of sp³-hybridized carbons (Fsp3) is 0.267. The van der Waals surface area contributed by atoms with E-state index in [1.165, 1.54) is 30.3 Å². The largest absolute Gasteiger partial charge is 0.493 e. The Morgan fingerprint density at radius 1 is 1.18 bits per heavy atom. The predicted octanol–water partition coefficient (Wildman–Crippen LogP) is 4.18. The lowest BCUT2D eigenvalue weighted by molar-refractivity contribution is -0.141. The summed E-state index contributed by atoms with van der Waals surface area (Å²) < 4.78 is 56.8. The Morgan fingerprint density at radius 3 is 2.77 bits per heavy atom. The lowest BCUT2D eigenvalue weighted by Crippen LogP contribution is -2.21. The molecule has 0 aliphatic carbocycles. The number of nitrogens with one attached hydrogen (secondary N) is 1. The van der Waals surface area contributed by atoms with Gasteiger partial charge in [0.05, 0.1) is 12.6 Å². The van der Waals surface area contributed by atoms with Gasteiger partial charge >= 0.3 is 6.18 Å². The standard InChI is InChI=1S/C15H12F4N2O/c16-9-4-5-12-10(8-9)11(6-7-22-12)20-14-3-1-2-13(21-14)15(17,18)19/h1-5,8,11H,6-7H2,(H,20,21). The fourth-order valence-corrected chi connectivity index (χ4v) is 2.37. The summed E-state index contributed by atoms with van der Waals surface area (Å²) in [6, 6.07) is 7.40. The zero-order valence-corrected chi connectivity index (χ0v) is 11.3. The van der Waals surface area contributed by atoms with Crippen molar-refractivity contribution in [2.45, 2.75) is 18.6 Å². The molecule has 1 N–H and O–H groups in total. The molecule has 0 fully saturated rings. The van der Waals surface area contributed by atoms with E-state index in [2.05, 4.69) is 10.3 Å². The molecule has 1 unspecified atom stereocenters. The van der Waals surface area contributed by atoms with Gasteiger partial charge in [0.2, 0.25) is 0 Å². The van der Waals surface area contributed by atoms with Crippen LogP contribution in [-0.2, 0) is 6.18 Å². The minimum atomic E-state index is -4.50. The van der Waals surface area contributed by atoms with E-state index in [4.69, 9.17) is 4.74 Å². The molecule has 7 heteroatoms. The first-order valence-electron chi connectivity index (χ1n) is 6.66. The molecule has 0 bridgehead atoms. The van der Waals surface area contributed by atoms with Gasteiger partial charge in [0.15, 0.2) is 0 Å². The molecule has 0 saturated heterocycles.